The molecule has 2 rings (SSSR count). The van der Waals surface area contributed by atoms with Gasteiger partial charge in [-0.25, -0.2) is 0 Å². The van der Waals surface area contributed by atoms with Gasteiger partial charge in [0.25, 0.3) is 11.8 Å². The number of anilines is 1. The normalized spacial score (nSPS) is 11.3. The first-order valence-corrected chi connectivity index (χ1v) is 9.46. The molecule has 0 aliphatic heterocycles. The van der Waals surface area contributed by atoms with E-state index in [0.29, 0.717) is 34.2 Å². The van der Waals surface area contributed by atoms with E-state index < -0.39 is 23.9 Å². The molecular formula is C21H23ClN2O5. The second-order valence-corrected chi connectivity index (χ2v) is 6.58. The number of nitrogens with one attached hydrogen (secondary N) is 2. The minimum atomic E-state index is -1.04. The third-order valence-corrected chi connectivity index (χ3v) is 4.43. The molecule has 0 aromatic heterocycles. The Balaban J connectivity index is 1.82. The molecule has 0 aliphatic rings. The van der Waals surface area contributed by atoms with Crippen LogP contribution in [0.15, 0.2) is 42.5 Å². The Morgan fingerprint density at radius 3 is 2.45 bits per heavy atom. The quantitative estimate of drug-likeness (QED) is 0.641. The van der Waals surface area contributed by atoms with Gasteiger partial charge in [0.05, 0.1) is 6.61 Å². The van der Waals surface area contributed by atoms with Crippen LogP contribution in [0.2, 0.25) is 5.02 Å². The number of carbonyl (C=O) groups excluding carboxylic acids is 3. The average molecular weight is 419 g/mol. The summed E-state index contributed by atoms with van der Waals surface area (Å²) in [5.41, 5.74) is 1.63. The summed E-state index contributed by atoms with van der Waals surface area (Å²) in [6, 6.07) is 11.6. The van der Waals surface area contributed by atoms with Crippen molar-refractivity contribution < 1.29 is 23.9 Å². The number of esters is 1. The fraction of sp³-hybridized carbons (Fsp3) is 0.286. The molecule has 0 bridgehead atoms. The average Bonchev–Trinajstić information content (AvgIpc) is 2.70. The molecule has 1 atom stereocenters. The van der Waals surface area contributed by atoms with Gasteiger partial charge in [0.2, 0.25) is 0 Å². The Hall–Kier alpha value is -3.06. The number of hydrogen-bond acceptors (Lipinski definition) is 5. The molecule has 7 nitrogen and oxygen atoms in total. The Kier molecular flexibility index (Phi) is 8.03. The van der Waals surface area contributed by atoms with Crippen molar-refractivity contribution in [1.29, 1.82) is 0 Å². The van der Waals surface area contributed by atoms with E-state index in [4.69, 9.17) is 21.1 Å². The highest BCUT2D eigenvalue weighted by molar-refractivity contribution is 6.31. The maximum absolute atomic E-state index is 12.2. The molecule has 0 unspecified atom stereocenters. The molecular weight excluding hydrogens is 396 g/mol. The van der Waals surface area contributed by atoms with Crippen molar-refractivity contribution in [2.24, 2.45) is 0 Å². The van der Waals surface area contributed by atoms with E-state index >= 15 is 0 Å². The van der Waals surface area contributed by atoms with Crippen LogP contribution in [-0.2, 0) is 14.3 Å². The van der Waals surface area contributed by atoms with Crippen LogP contribution in [0.3, 0.4) is 0 Å². The van der Waals surface area contributed by atoms with E-state index in [1.807, 2.05) is 6.92 Å². The first-order valence-electron chi connectivity index (χ1n) is 9.08. The summed E-state index contributed by atoms with van der Waals surface area (Å²) in [4.78, 5) is 36.3. The zero-order valence-electron chi connectivity index (χ0n) is 16.5. The van der Waals surface area contributed by atoms with Crippen LogP contribution in [0.1, 0.15) is 29.8 Å². The molecule has 2 N–H and O–H groups in total. The maximum Gasteiger partial charge on any atom is 0.326 e. The second-order valence-electron chi connectivity index (χ2n) is 6.17. The topological polar surface area (TPSA) is 93.7 Å². The number of halogens is 1. The number of ether oxygens (including phenoxy) is 2. The third-order valence-electron chi connectivity index (χ3n) is 4.02. The van der Waals surface area contributed by atoms with E-state index in [1.54, 1.807) is 49.4 Å². The van der Waals surface area contributed by atoms with Gasteiger partial charge in [-0.3, -0.25) is 14.4 Å². The molecule has 8 heteroatoms. The first-order chi connectivity index (χ1) is 13.8. The molecule has 0 radical (unpaired) electrons. The van der Waals surface area contributed by atoms with Crippen LogP contribution in [-0.4, -0.2) is 37.0 Å². The van der Waals surface area contributed by atoms with Gasteiger partial charge in [0.1, 0.15) is 12.3 Å². The molecule has 0 heterocycles. The van der Waals surface area contributed by atoms with Crippen LogP contribution in [0.4, 0.5) is 5.69 Å². The summed E-state index contributed by atoms with van der Waals surface area (Å²) in [5, 5.41) is 5.64. The summed E-state index contributed by atoms with van der Waals surface area (Å²) in [7, 11) is 0. The lowest BCUT2D eigenvalue weighted by Gasteiger charge is -2.15. The van der Waals surface area contributed by atoms with Crippen LogP contribution >= 0.6 is 11.6 Å². The summed E-state index contributed by atoms with van der Waals surface area (Å²) in [6.45, 7) is 5.25. The number of carbonyl (C=O) groups is 3. The van der Waals surface area contributed by atoms with E-state index in [1.165, 1.54) is 6.92 Å². The van der Waals surface area contributed by atoms with Crippen LogP contribution in [0.5, 0.6) is 5.75 Å². The lowest BCUT2D eigenvalue weighted by molar-refractivity contribution is -0.152. The molecule has 2 amide bonds. The molecule has 29 heavy (non-hydrogen) atoms. The van der Waals surface area contributed by atoms with E-state index in [-0.39, 0.29) is 6.54 Å². The number of hydrogen-bond donors (Lipinski definition) is 2. The fourth-order valence-electron chi connectivity index (χ4n) is 2.39. The minimum Gasteiger partial charge on any atom is -0.494 e. The first kappa shape index (κ1) is 22.2. The van der Waals surface area contributed by atoms with Gasteiger partial charge in [-0.1, -0.05) is 17.7 Å². The molecule has 0 saturated heterocycles. The SMILES string of the molecule is CCOc1ccc(C(=O)NCC(=O)O[C@@H](C)C(=O)Nc2cccc(Cl)c2C)cc1. The van der Waals surface area contributed by atoms with Crippen LogP contribution < -0.4 is 15.4 Å². The highest BCUT2D eigenvalue weighted by Gasteiger charge is 2.19. The largest absolute Gasteiger partial charge is 0.494 e. The van der Waals surface area contributed by atoms with Gasteiger partial charge in [-0.15, -0.1) is 0 Å². The number of amides is 2. The highest BCUT2D eigenvalue weighted by Crippen LogP contribution is 2.23. The van der Waals surface area contributed by atoms with Crippen molar-refractivity contribution in [1.82, 2.24) is 5.32 Å². The van der Waals surface area contributed by atoms with Gasteiger partial charge in [-0.2, -0.15) is 0 Å². The number of rotatable bonds is 8. The van der Waals surface area contributed by atoms with E-state index in [9.17, 15) is 14.4 Å². The van der Waals surface area contributed by atoms with Gasteiger partial charge >= 0.3 is 5.97 Å². The maximum atomic E-state index is 12.2. The summed E-state index contributed by atoms with van der Waals surface area (Å²) < 4.78 is 10.4. The Labute approximate surface area is 174 Å². The zero-order valence-corrected chi connectivity index (χ0v) is 17.2. The zero-order chi connectivity index (χ0) is 21.4. The van der Waals surface area contributed by atoms with Crippen molar-refractivity contribution in [3.63, 3.8) is 0 Å². The van der Waals surface area contributed by atoms with Gasteiger partial charge in [-0.05, 0) is 62.7 Å². The molecule has 0 spiro atoms. The standard InChI is InChI=1S/C21H23ClN2O5/c1-4-28-16-10-8-15(9-11-16)21(27)23-12-19(25)29-14(3)20(26)24-18-7-5-6-17(22)13(18)2/h5-11,14H,4,12H2,1-3H3,(H,23,27)(H,24,26)/t14-/m0/s1. The summed E-state index contributed by atoms with van der Waals surface area (Å²) in [5.74, 6) is -1.01. The lowest BCUT2D eigenvalue weighted by Crippen LogP contribution is -2.35. The van der Waals surface area contributed by atoms with E-state index in [0.717, 1.165) is 0 Å². The monoisotopic (exact) mass is 418 g/mol. The summed E-state index contributed by atoms with van der Waals surface area (Å²) >= 11 is 6.02. The molecule has 2 aromatic carbocycles. The third kappa shape index (κ3) is 6.50. The molecule has 0 fully saturated rings. The van der Waals surface area contributed by atoms with Crippen LogP contribution in [0, 0.1) is 6.92 Å². The minimum absolute atomic E-state index is 0.361. The molecule has 0 saturated carbocycles. The lowest BCUT2D eigenvalue weighted by atomic mass is 10.2. The number of benzene rings is 2. The van der Waals surface area contributed by atoms with Crippen molar-refractivity contribution in [3.8, 4) is 5.75 Å². The smallest absolute Gasteiger partial charge is 0.326 e. The van der Waals surface area contributed by atoms with Gasteiger partial charge in [0.15, 0.2) is 6.10 Å². The van der Waals surface area contributed by atoms with Crippen molar-refractivity contribution in [2.45, 2.75) is 26.9 Å². The summed E-state index contributed by atoms with van der Waals surface area (Å²) in [6.07, 6.45) is -1.04. The van der Waals surface area contributed by atoms with Crippen molar-refractivity contribution in [2.75, 3.05) is 18.5 Å². The Morgan fingerprint density at radius 1 is 1.10 bits per heavy atom. The van der Waals surface area contributed by atoms with Crippen LogP contribution in [0.25, 0.3) is 0 Å². The van der Waals surface area contributed by atoms with Crippen molar-refractivity contribution in [3.05, 3.63) is 58.6 Å². The molecule has 2 aromatic rings. The highest BCUT2D eigenvalue weighted by atomic mass is 35.5. The Morgan fingerprint density at radius 2 is 1.79 bits per heavy atom. The van der Waals surface area contributed by atoms with Gasteiger partial charge in [0, 0.05) is 16.3 Å². The van der Waals surface area contributed by atoms with Gasteiger partial charge < -0.3 is 20.1 Å². The van der Waals surface area contributed by atoms with E-state index in [2.05, 4.69) is 10.6 Å². The fourth-order valence-corrected chi connectivity index (χ4v) is 2.57. The predicted octanol–water partition coefficient (Wildman–Crippen LogP) is 3.35. The van der Waals surface area contributed by atoms with Crippen molar-refractivity contribution >= 4 is 35.1 Å². The second kappa shape index (κ2) is 10.5. The Bertz CT molecular complexity index is 883. The molecule has 0 aliphatic carbocycles. The molecule has 154 valence electrons. The predicted molar refractivity (Wildman–Crippen MR) is 110 cm³/mol.